The van der Waals surface area contributed by atoms with Crippen LogP contribution in [0.4, 0.5) is 0 Å². The number of aliphatic hydroxyl groups excluding tert-OH is 6. The average molecular weight is 672 g/mol. The maximum atomic E-state index is 12.5. The topological polar surface area (TPSA) is 308 Å². The molecule has 3 aliphatic rings. The monoisotopic (exact) mass is 671 g/mol. The van der Waals surface area contributed by atoms with Crippen LogP contribution in [0.1, 0.15) is 19.8 Å². The van der Waals surface area contributed by atoms with Crippen molar-refractivity contribution >= 4 is 17.8 Å². The fraction of sp³-hybridized carbons (Fsp3) is 0.885. The zero-order valence-electron chi connectivity index (χ0n) is 25.5. The summed E-state index contributed by atoms with van der Waals surface area (Å²) in [5.41, 5.74) is 6.24. The van der Waals surface area contributed by atoms with Crippen LogP contribution in [-0.2, 0) is 47.5 Å². The quantitative estimate of drug-likeness (QED) is 0.0821. The van der Waals surface area contributed by atoms with Gasteiger partial charge in [-0.15, -0.1) is 0 Å². The molecule has 0 aromatic heterocycles. The molecule has 15 unspecified atom stereocenters. The molecule has 3 heterocycles. The summed E-state index contributed by atoms with van der Waals surface area (Å²) in [6, 6.07) is -4.00. The van der Waals surface area contributed by atoms with Crippen LogP contribution in [0.15, 0.2) is 0 Å². The first kappa shape index (κ1) is 38.3. The number of hydrogen-bond donors (Lipinski definition) is 10. The molecule has 0 saturated carbocycles. The van der Waals surface area contributed by atoms with Crippen LogP contribution in [0.3, 0.4) is 0 Å². The van der Waals surface area contributed by atoms with E-state index in [0.717, 1.165) is 0 Å². The van der Waals surface area contributed by atoms with Crippen LogP contribution in [-0.4, -0.2) is 180 Å². The van der Waals surface area contributed by atoms with Gasteiger partial charge < -0.3 is 85.3 Å². The van der Waals surface area contributed by atoms with Gasteiger partial charge in [0.25, 0.3) is 0 Å². The molecule has 15 atom stereocenters. The molecule has 3 rings (SSSR count). The van der Waals surface area contributed by atoms with Crippen LogP contribution >= 0.6 is 0 Å². The molecule has 0 bridgehead atoms. The van der Waals surface area contributed by atoms with E-state index < -0.39 is 142 Å². The van der Waals surface area contributed by atoms with Crippen molar-refractivity contribution in [3.8, 4) is 0 Å². The van der Waals surface area contributed by atoms with Gasteiger partial charge in [-0.05, 0) is 0 Å². The molecule has 0 aromatic rings. The number of rotatable bonds is 14. The predicted octanol–water partition coefficient (Wildman–Crippen LogP) is -6.17. The summed E-state index contributed by atoms with van der Waals surface area (Å²) in [7, 11) is 2.50. The molecule has 11 N–H and O–H groups in total. The number of carbonyl (C=O) groups excluding carboxylic acids is 2. The fourth-order valence-corrected chi connectivity index (χ4v) is 5.62. The van der Waals surface area contributed by atoms with Gasteiger partial charge in [-0.25, -0.2) is 0 Å². The van der Waals surface area contributed by atoms with Crippen LogP contribution < -0.4 is 16.4 Å². The van der Waals surface area contributed by atoms with Crippen LogP contribution in [0.25, 0.3) is 0 Å². The summed E-state index contributed by atoms with van der Waals surface area (Å²) in [6.07, 6.45) is -17.9. The van der Waals surface area contributed by atoms with Crippen LogP contribution in [0.2, 0.25) is 0 Å². The second kappa shape index (κ2) is 17.3. The number of amides is 2. The Balaban J connectivity index is 1.81. The van der Waals surface area contributed by atoms with E-state index in [-0.39, 0.29) is 0 Å². The predicted molar refractivity (Wildman–Crippen MR) is 147 cm³/mol. The number of carboxylic acids is 1. The highest BCUT2D eigenvalue weighted by atomic mass is 16.7. The number of nitrogens with two attached hydrogens (primary N) is 1. The van der Waals surface area contributed by atoms with E-state index in [0.29, 0.717) is 0 Å². The molecule has 2 amide bonds. The van der Waals surface area contributed by atoms with Crippen molar-refractivity contribution in [3.63, 3.8) is 0 Å². The van der Waals surface area contributed by atoms with E-state index in [1.54, 1.807) is 0 Å². The van der Waals surface area contributed by atoms with Crippen LogP contribution in [0.5, 0.6) is 0 Å². The largest absolute Gasteiger partial charge is 0.481 e. The van der Waals surface area contributed by atoms with Crippen molar-refractivity contribution in [2.45, 2.75) is 112 Å². The molecule has 0 spiro atoms. The van der Waals surface area contributed by atoms with Crippen molar-refractivity contribution in [1.29, 1.82) is 0 Å². The van der Waals surface area contributed by atoms with Gasteiger partial charge in [0.2, 0.25) is 11.8 Å². The summed E-state index contributed by atoms with van der Waals surface area (Å²) in [6.45, 7) is -0.908. The van der Waals surface area contributed by atoms with Gasteiger partial charge in [0, 0.05) is 27.6 Å². The van der Waals surface area contributed by atoms with Gasteiger partial charge in [0.05, 0.1) is 32.3 Å². The number of hydrogen-bond acceptors (Lipinski definition) is 17. The van der Waals surface area contributed by atoms with Crippen LogP contribution in [0, 0.1) is 0 Å². The summed E-state index contributed by atoms with van der Waals surface area (Å²) < 4.78 is 39.4. The van der Waals surface area contributed by atoms with E-state index in [4.69, 9.17) is 44.0 Å². The molecule has 20 heteroatoms. The number of ether oxygens (including phenoxy) is 7. The third-order valence-electron chi connectivity index (χ3n) is 7.96. The molecule has 0 aromatic carbocycles. The summed E-state index contributed by atoms with van der Waals surface area (Å²) >= 11 is 0. The summed E-state index contributed by atoms with van der Waals surface area (Å²) in [4.78, 5) is 35.2. The number of aliphatic carboxylic acids is 1. The molecule has 3 aliphatic heterocycles. The Morgan fingerprint density at radius 1 is 0.696 bits per heavy atom. The maximum Gasteiger partial charge on any atom is 0.303 e. The smallest absolute Gasteiger partial charge is 0.303 e. The first-order valence-corrected chi connectivity index (χ1v) is 14.5. The third kappa shape index (κ3) is 8.85. The average Bonchev–Trinajstić information content (AvgIpc) is 3.02. The van der Waals surface area contributed by atoms with Gasteiger partial charge in [0.1, 0.15) is 67.0 Å². The van der Waals surface area contributed by atoms with E-state index in [9.17, 15) is 45.0 Å². The lowest BCUT2D eigenvalue weighted by atomic mass is 9.94. The highest BCUT2D eigenvalue weighted by Crippen LogP contribution is 2.32. The zero-order chi connectivity index (χ0) is 34.3. The summed E-state index contributed by atoms with van der Waals surface area (Å²) in [5, 5.41) is 77.0. The Morgan fingerprint density at radius 3 is 1.70 bits per heavy atom. The fourth-order valence-electron chi connectivity index (χ4n) is 5.62. The minimum atomic E-state index is -1.69. The molecule has 0 aliphatic carbocycles. The minimum absolute atomic E-state index is 0.454. The molecule has 266 valence electrons. The molecular weight excluding hydrogens is 626 g/mol. The van der Waals surface area contributed by atoms with Gasteiger partial charge >= 0.3 is 5.97 Å². The van der Waals surface area contributed by atoms with Gasteiger partial charge in [0.15, 0.2) is 18.9 Å². The Hall–Kier alpha value is -2.15. The Bertz CT molecular complexity index is 1010. The van der Waals surface area contributed by atoms with E-state index in [1.807, 2.05) is 0 Å². The van der Waals surface area contributed by atoms with E-state index >= 15 is 0 Å². The highest BCUT2D eigenvalue weighted by Gasteiger charge is 2.54. The minimum Gasteiger partial charge on any atom is -0.481 e. The first-order chi connectivity index (χ1) is 21.8. The lowest BCUT2D eigenvalue weighted by Crippen LogP contribution is -2.70. The third-order valence-corrected chi connectivity index (χ3v) is 7.96. The van der Waals surface area contributed by atoms with Gasteiger partial charge in [-0.3, -0.25) is 14.4 Å². The Morgan fingerprint density at radius 2 is 1.17 bits per heavy atom. The van der Waals surface area contributed by atoms with Crippen molar-refractivity contribution in [2.24, 2.45) is 5.73 Å². The number of methoxy groups -OCH3 is 2. The van der Waals surface area contributed by atoms with E-state index in [2.05, 4.69) is 10.6 Å². The normalized spacial score (nSPS) is 41.5. The van der Waals surface area contributed by atoms with Crippen molar-refractivity contribution in [1.82, 2.24) is 10.6 Å². The second-order valence-corrected chi connectivity index (χ2v) is 11.1. The van der Waals surface area contributed by atoms with Crippen molar-refractivity contribution in [3.05, 3.63) is 0 Å². The Kier molecular flexibility index (Phi) is 14.4. The number of nitrogens with one attached hydrogen (secondary N) is 2. The molecule has 0 radical (unpaired) electrons. The molecule has 46 heavy (non-hydrogen) atoms. The molecule has 20 nitrogen and oxygen atoms in total. The maximum absolute atomic E-state index is 12.5. The number of carbonyl (C=O) groups is 3. The van der Waals surface area contributed by atoms with Crippen molar-refractivity contribution in [2.75, 3.05) is 34.0 Å². The second-order valence-electron chi connectivity index (χ2n) is 11.1. The lowest BCUT2D eigenvalue weighted by Gasteiger charge is -2.49. The SMILES string of the molecule is COC1OC(CO)C(OC2OC(CO)C(OC3OC(CO)C(OC)C(O)C3NC(=O)CCC(=O)O)C(O)C2N)C(O)C1NC(C)=O. The van der Waals surface area contributed by atoms with Crippen molar-refractivity contribution < 1.29 is 83.3 Å². The van der Waals surface area contributed by atoms with Gasteiger partial charge in [-0.2, -0.15) is 0 Å². The highest BCUT2D eigenvalue weighted by molar-refractivity contribution is 5.80. The van der Waals surface area contributed by atoms with E-state index in [1.165, 1.54) is 21.1 Å². The Labute approximate surface area is 263 Å². The number of aliphatic hydroxyl groups is 6. The molecular formula is C26H45N3O17. The molecule has 3 saturated heterocycles. The summed E-state index contributed by atoms with van der Waals surface area (Å²) in [5.74, 6) is -2.55. The first-order valence-electron chi connectivity index (χ1n) is 14.5. The lowest BCUT2D eigenvalue weighted by molar-refractivity contribution is -0.351. The number of carboxylic acid groups (broad SMARTS) is 1. The zero-order valence-corrected chi connectivity index (χ0v) is 25.5. The standard InChI is InChI=1S/C26H45N3O17/c1-9(33)28-16-20(39)23(12(8-32)43-25(16)41-3)45-24-15(27)18(37)22(11(7-31)42-24)46-26-17(29-13(34)4-5-14(35)36)19(38)21(40-2)10(6-30)44-26/h10-12,15-26,30-32,37-39H,4-8,27H2,1-3H3,(H,28,33)(H,29,34)(H,35,36). The molecule has 3 fully saturated rings. The van der Waals surface area contributed by atoms with Gasteiger partial charge in [-0.1, -0.05) is 0 Å².